The molecule has 18 heavy (non-hydrogen) atoms. The van der Waals surface area contributed by atoms with Crippen molar-refractivity contribution in [2.45, 2.75) is 32.2 Å². The van der Waals surface area contributed by atoms with Crippen LogP contribution in [0, 0.1) is 5.92 Å². The zero-order chi connectivity index (χ0) is 13.8. The van der Waals surface area contributed by atoms with Crippen molar-refractivity contribution >= 4 is 15.7 Å². The first-order valence-corrected chi connectivity index (χ1v) is 8.32. The number of hydrogen-bond donors (Lipinski definition) is 1. The number of carbonyl (C=O) groups excluding carboxylic acids is 1. The molecule has 0 spiro atoms. The third-order valence-corrected chi connectivity index (χ3v) is 4.68. The van der Waals surface area contributed by atoms with Crippen LogP contribution in [0.15, 0.2) is 0 Å². The number of carbonyl (C=O) groups is 1. The van der Waals surface area contributed by atoms with Gasteiger partial charge in [0.1, 0.15) is 5.75 Å². The highest BCUT2D eigenvalue weighted by atomic mass is 32.2. The summed E-state index contributed by atoms with van der Waals surface area (Å²) in [6, 6.07) is 0.0184. The summed E-state index contributed by atoms with van der Waals surface area (Å²) in [7, 11) is -0.164. The molecule has 1 aliphatic rings. The number of sulfone groups is 1. The van der Waals surface area contributed by atoms with E-state index in [1.165, 1.54) is 4.90 Å². The highest BCUT2D eigenvalue weighted by Gasteiger charge is 2.34. The van der Waals surface area contributed by atoms with Crippen LogP contribution in [0.25, 0.3) is 0 Å². The summed E-state index contributed by atoms with van der Waals surface area (Å²) >= 11 is 0. The molecule has 1 rings (SSSR count). The molecule has 0 saturated heterocycles. The van der Waals surface area contributed by atoms with Crippen molar-refractivity contribution < 1.29 is 13.2 Å². The summed E-state index contributed by atoms with van der Waals surface area (Å²) in [5.74, 6) is -0.172. The fourth-order valence-electron chi connectivity index (χ4n) is 1.84. The molecule has 1 atom stereocenters. The zero-order valence-corrected chi connectivity index (χ0v) is 12.3. The third-order valence-electron chi connectivity index (χ3n) is 3.12. The molecule has 1 fully saturated rings. The van der Waals surface area contributed by atoms with E-state index in [1.54, 1.807) is 14.1 Å². The Balaban J connectivity index is 2.53. The Bertz CT molecular complexity index is 375. The number of nitrogens with one attached hydrogen (secondary N) is 1. The molecule has 0 aliphatic heterocycles. The molecular weight excluding hydrogens is 252 g/mol. The summed E-state index contributed by atoms with van der Waals surface area (Å²) in [6.45, 7) is 2.89. The summed E-state index contributed by atoms with van der Waals surface area (Å²) in [4.78, 5) is 12.8. The molecule has 1 amide bonds. The first-order valence-electron chi connectivity index (χ1n) is 6.49. The van der Waals surface area contributed by atoms with Gasteiger partial charge in [0, 0.05) is 20.1 Å². The highest BCUT2D eigenvalue weighted by Crippen LogP contribution is 2.33. The van der Waals surface area contributed by atoms with Gasteiger partial charge in [0.2, 0.25) is 5.91 Å². The predicted octanol–water partition coefficient (Wildman–Crippen LogP) is 0.268. The van der Waals surface area contributed by atoms with E-state index in [9.17, 15) is 13.2 Å². The van der Waals surface area contributed by atoms with Crippen LogP contribution in [0.5, 0.6) is 0 Å². The molecule has 0 aromatic heterocycles. The highest BCUT2D eigenvalue weighted by molar-refractivity contribution is 7.92. The molecule has 0 aromatic rings. The van der Waals surface area contributed by atoms with Crippen LogP contribution in [-0.4, -0.2) is 57.4 Å². The number of rotatable bonds is 8. The Morgan fingerprint density at radius 2 is 2.00 bits per heavy atom. The van der Waals surface area contributed by atoms with E-state index >= 15 is 0 Å². The lowest BCUT2D eigenvalue weighted by Crippen LogP contribution is -2.40. The molecule has 1 unspecified atom stereocenters. The van der Waals surface area contributed by atoms with Crippen molar-refractivity contribution in [3.63, 3.8) is 0 Å². The van der Waals surface area contributed by atoms with Crippen LogP contribution in [-0.2, 0) is 14.6 Å². The second kappa shape index (κ2) is 6.52. The van der Waals surface area contributed by atoms with Crippen LogP contribution in [0.2, 0.25) is 0 Å². The molecule has 5 nitrogen and oxygen atoms in total. The molecule has 1 N–H and O–H groups in total. The molecular formula is C12H24N2O3S. The second-order valence-electron chi connectivity index (χ2n) is 5.24. The van der Waals surface area contributed by atoms with Crippen LogP contribution >= 0.6 is 0 Å². The minimum absolute atomic E-state index is 0.0184. The van der Waals surface area contributed by atoms with E-state index in [0.29, 0.717) is 5.92 Å². The van der Waals surface area contributed by atoms with E-state index < -0.39 is 9.84 Å². The fraction of sp³-hybridized carbons (Fsp3) is 0.917. The maximum Gasteiger partial charge on any atom is 0.237 e. The summed E-state index contributed by atoms with van der Waals surface area (Å²) in [5.41, 5.74) is 0. The molecule has 0 aromatic carbocycles. The average Bonchev–Trinajstić information content (AvgIpc) is 3.06. The summed E-state index contributed by atoms with van der Waals surface area (Å²) in [5, 5.41) is 3.29. The van der Waals surface area contributed by atoms with Crippen LogP contribution in [0.1, 0.15) is 26.2 Å². The van der Waals surface area contributed by atoms with Gasteiger partial charge in [-0.1, -0.05) is 6.92 Å². The van der Waals surface area contributed by atoms with Gasteiger partial charge in [0.05, 0.1) is 5.75 Å². The Kier molecular flexibility index (Phi) is 5.59. The lowest BCUT2D eigenvalue weighted by molar-refractivity contribution is -0.125. The molecule has 1 aliphatic carbocycles. The van der Waals surface area contributed by atoms with Gasteiger partial charge in [-0.15, -0.1) is 0 Å². The third kappa shape index (κ3) is 5.35. The number of amides is 1. The van der Waals surface area contributed by atoms with Crippen molar-refractivity contribution in [2.24, 2.45) is 5.92 Å². The Morgan fingerprint density at radius 3 is 2.44 bits per heavy atom. The van der Waals surface area contributed by atoms with E-state index in [0.717, 1.165) is 25.8 Å². The van der Waals surface area contributed by atoms with Crippen molar-refractivity contribution in [3.05, 3.63) is 0 Å². The molecule has 6 heteroatoms. The monoisotopic (exact) mass is 276 g/mol. The maximum absolute atomic E-state index is 12.0. The predicted molar refractivity (Wildman–Crippen MR) is 72.2 cm³/mol. The van der Waals surface area contributed by atoms with Crippen LogP contribution in [0.3, 0.4) is 0 Å². The van der Waals surface area contributed by atoms with E-state index in [4.69, 9.17) is 0 Å². The summed E-state index contributed by atoms with van der Waals surface area (Å²) < 4.78 is 23.9. The topological polar surface area (TPSA) is 66.5 Å². The van der Waals surface area contributed by atoms with Gasteiger partial charge < -0.3 is 10.2 Å². The molecule has 0 radical (unpaired) electrons. The van der Waals surface area contributed by atoms with Crippen molar-refractivity contribution in [2.75, 3.05) is 32.1 Å². The van der Waals surface area contributed by atoms with Gasteiger partial charge >= 0.3 is 0 Å². The Hall–Kier alpha value is -0.620. The molecule has 106 valence electrons. The smallest absolute Gasteiger partial charge is 0.237 e. The summed E-state index contributed by atoms with van der Waals surface area (Å²) in [6.07, 6.45) is 3.18. The maximum atomic E-state index is 12.0. The second-order valence-corrected chi connectivity index (χ2v) is 7.35. The lowest BCUT2D eigenvalue weighted by atomic mass is 10.2. The van der Waals surface area contributed by atoms with E-state index in [-0.39, 0.29) is 23.5 Å². The SMILES string of the molecule is CCCNC(CS(=O)(=O)CC(=O)N(C)C)C1CC1. The van der Waals surface area contributed by atoms with Gasteiger partial charge in [0.15, 0.2) is 9.84 Å². The minimum atomic E-state index is -3.31. The Labute approximate surface area is 110 Å². The molecule has 0 bridgehead atoms. The normalized spacial score (nSPS) is 17.5. The average molecular weight is 276 g/mol. The molecule has 1 saturated carbocycles. The fourth-order valence-corrected chi connectivity index (χ4v) is 3.53. The first-order chi connectivity index (χ1) is 8.35. The molecule has 0 heterocycles. The first kappa shape index (κ1) is 15.4. The van der Waals surface area contributed by atoms with Gasteiger partial charge in [-0.3, -0.25) is 4.79 Å². The van der Waals surface area contributed by atoms with E-state index in [2.05, 4.69) is 12.2 Å². The number of hydrogen-bond acceptors (Lipinski definition) is 4. The van der Waals surface area contributed by atoms with Gasteiger partial charge in [0.25, 0.3) is 0 Å². The van der Waals surface area contributed by atoms with Gasteiger partial charge in [-0.2, -0.15) is 0 Å². The van der Waals surface area contributed by atoms with Crippen molar-refractivity contribution in [1.82, 2.24) is 10.2 Å². The van der Waals surface area contributed by atoms with Gasteiger partial charge in [-0.05, 0) is 31.7 Å². The zero-order valence-electron chi connectivity index (χ0n) is 11.5. The minimum Gasteiger partial charge on any atom is -0.348 e. The lowest BCUT2D eigenvalue weighted by Gasteiger charge is -2.18. The van der Waals surface area contributed by atoms with Crippen LogP contribution in [0.4, 0.5) is 0 Å². The standard InChI is InChI=1S/C12H24N2O3S/c1-4-7-13-11(10-5-6-10)8-18(16,17)9-12(15)14(2)3/h10-11,13H,4-9H2,1-3H3. The van der Waals surface area contributed by atoms with Crippen LogP contribution < -0.4 is 5.32 Å². The van der Waals surface area contributed by atoms with E-state index in [1.807, 2.05) is 0 Å². The quantitative estimate of drug-likeness (QED) is 0.691. The Morgan fingerprint density at radius 1 is 1.39 bits per heavy atom. The van der Waals surface area contributed by atoms with Crippen molar-refractivity contribution in [1.29, 1.82) is 0 Å². The van der Waals surface area contributed by atoms with Gasteiger partial charge in [-0.25, -0.2) is 8.42 Å². The van der Waals surface area contributed by atoms with Crippen molar-refractivity contribution in [3.8, 4) is 0 Å². The number of nitrogens with zero attached hydrogens (tertiary/aromatic N) is 1. The largest absolute Gasteiger partial charge is 0.348 e.